The molecular weight excluding hydrogens is 194 g/mol. The molecule has 0 aromatic carbocycles. The molecule has 5 nitrogen and oxygen atoms in total. The predicted octanol–water partition coefficient (Wildman–Crippen LogP) is 0.247. The van der Waals surface area contributed by atoms with E-state index in [2.05, 4.69) is 15.5 Å². The lowest BCUT2D eigenvalue weighted by molar-refractivity contribution is -0.121. The van der Waals surface area contributed by atoms with E-state index < -0.39 is 0 Å². The zero-order valence-corrected chi connectivity index (χ0v) is 8.53. The molecule has 2 heterocycles. The Morgan fingerprint density at radius 1 is 1.73 bits per heavy atom. The fraction of sp³-hybridized carbons (Fsp3) is 0.600. The fourth-order valence-corrected chi connectivity index (χ4v) is 1.65. The van der Waals surface area contributed by atoms with Crippen LogP contribution >= 0.6 is 0 Å². The zero-order chi connectivity index (χ0) is 10.5. The number of aromatic amines is 1. The molecule has 2 rings (SSSR count). The number of rotatable bonds is 4. The standard InChI is InChI=1S/C10H15N3O2/c14-10(6-8-3-4-12-13-8)11-7-9-2-1-5-15-9/h3-4,9H,1-2,5-7H2,(H,11,14)(H,12,13). The second kappa shape index (κ2) is 4.93. The number of hydrogen-bond donors (Lipinski definition) is 2. The minimum Gasteiger partial charge on any atom is -0.376 e. The highest BCUT2D eigenvalue weighted by atomic mass is 16.5. The molecule has 15 heavy (non-hydrogen) atoms. The Labute approximate surface area is 88.2 Å². The highest BCUT2D eigenvalue weighted by Crippen LogP contribution is 2.10. The summed E-state index contributed by atoms with van der Waals surface area (Å²) in [5, 5.41) is 9.39. The monoisotopic (exact) mass is 209 g/mol. The first-order chi connectivity index (χ1) is 7.34. The lowest BCUT2D eigenvalue weighted by Gasteiger charge is -2.09. The van der Waals surface area contributed by atoms with Crippen molar-refractivity contribution in [2.24, 2.45) is 0 Å². The normalized spacial score (nSPS) is 20.4. The smallest absolute Gasteiger partial charge is 0.226 e. The molecule has 82 valence electrons. The Hall–Kier alpha value is -1.36. The van der Waals surface area contributed by atoms with E-state index in [1.165, 1.54) is 0 Å². The van der Waals surface area contributed by atoms with Gasteiger partial charge < -0.3 is 10.1 Å². The minimum absolute atomic E-state index is 0.00903. The van der Waals surface area contributed by atoms with Crippen molar-refractivity contribution in [3.63, 3.8) is 0 Å². The molecule has 0 spiro atoms. The molecule has 1 aromatic rings. The van der Waals surface area contributed by atoms with Crippen molar-refractivity contribution in [2.45, 2.75) is 25.4 Å². The van der Waals surface area contributed by atoms with Gasteiger partial charge in [0, 0.05) is 25.0 Å². The minimum atomic E-state index is 0.00903. The van der Waals surface area contributed by atoms with E-state index >= 15 is 0 Å². The lowest BCUT2D eigenvalue weighted by Crippen LogP contribution is -2.32. The SMILES string of the molecule is O=C(Cc1ccn[nH]1)NCC1CCCO1. The summed E-state index contributed by atoms with van der Waals surface area (Å²) in [7, 11) is 0. The molecule has 0 saturated carbocycles. The number of hydrogen-bond acceptors (Lipinski definition) is 3. The molecule has 1 fully saturated rings. The molecule has 1 aliphatic heterocycles. The van der Waals surface area contributed by atoms with Crippen LogP contribution in [0.3, 0.4) is 0 Å². The third kappa shape index (κ3) is 3.06. The predicted molar refractivity (Wildman–Crippen MR) is 54.3 cm³/mol. The van der Waals surface area contributed by atoms with Crippen LogP contribution in [0, 0.1) is 0 Å². The second-order valence-electron chi connectivity index (χ2n) is 3.70. The summed E-state index contributed by atoms with van der Waals surface area (Å²) in [6, 6.07) is 1.80. The molecule has 2 N–H and O–H groups in total. The van der Waals surface area contributed by atoms with E-state index in [-0.39, 0.29) is 12.0 Å². The molecule has 1 saturated heterocycles. The first-order valence-electron chi connectivity index (χ1n) is 5.21. The number of aromatic nitrogens is 2. The van der Waals surface area contributed by atoms with Crippen LogP contribution in [-0.2, 0) is 16.0 Å². The van der Waals surface area contributed by atoms with Crippen LogP contribution in [0.25, 0.3) is 0 Å². The molecule has 1 aliphatic rings. The average molecular weight is 209 g/mol. The number of amides is 1. The Bertz CT molecular complexity index is 304. The van der Waals surface area contributed by atoms with Crippen molar-refractivity contribution in [3.8, 4) is 0 Å². The molecule has 0 radical (unpaired) electrons. The molecule has 0 bridgehead atoms. The van der Waals surface area contributed by atoms with Crippen molar-refractivity contribution >= 4 is 5.91 Å². The highest BCUT2D eigenvalue weighted by molar-refractivity contribution is 5.78. The third-order valence-corrected chi connectivity index (χ3v) is 2.46. The van der Waals surface area contributed by atoms with Crippen LogP contribution in [0.15, 0.2) is 12.3 Å². The summed E-state index contributed by atoms with van der Waals surface area (Å²) in [4.78, 5) is 11.5. The summed E-state index contributed by atoms with van der Waals surface area (Å²) >= 11 is 0. The molecule has 1 unspecified atom stereocenters. The van der Waals surface area contributed by atoms with E-state index in [1.54, 1.807) is 12.3 Å². The van der Waals surface area contributed by atoms with Crippen molar-refractivity contribution < 1.29 is 9.53 Å². The summed E-state index contributed by atoms with van der Waals surface area (Å²) in [5.74, 6) is 0.00903. The van der Waals surface area contributed by atoms with Gasteiger partial charge in [0.25, 0.3) is 0 Å². The summed E-state index contributed by atoms with van der Waals surface area (Å²) < 4.78 is 5.40. The van der Waals surface area contributed by atoms with Crippen LogP contribution in [0.1, 0.15) is 18.5 Å². The van der Waals surface area contributed by atoms with Gasteiger partial charge in [-0.25, -0.2) is 0 Å². The number of ether oxygens (including phenoxy) is 1. The van der Waals surface area contributed by atoms with Gasteiger partial charge in [-0.1, -0.05) is 0 Å². The van der Waals surface area contributed by atoms with Gasteiger partial charge in [0.15, 0.2) is 0 Å². The van der Waals surface area contributed by atoms with E-state index in [1.807, 2.05) is 0 Å². The highest BCUT2D eigenvalue weighted by Gasteiger charge is 2.16. The number of carbonyl (C=O) groups is 1. The van der Waals surface area contributed by atoms with Crippen LogP contribution in [0.4, 0.5) is 0 Å². The zero-order valence-electron chi connectivity index (χ0n) is 8.53. The number of nitrogens with zero attached hydrogens (tertiary/aromatic N) is 1. The third-order valence-electron chi connectivity index (χ3n) is 2.46. The largest absolute Gasteiger partial charge is 0.376 e. The Balaban J connectivity index is 1.68. The van der Waals surface area contributed by atoms with Gasteiger partial charge in [-0.05, 0) is 18.9 Å². The maximum atomic E-state index is 11.5. The van der Waals surface area contributed by atoms with Gasteiger partial charge in [0.2, 0.25) is 5.91 Å². The van der Waals surface area contributed by atoms with Crippen LogP contribution in [-0.4, -0.2) is 35.4 Å². The topological polar surface area (TPSA) is 67.0 Å². The van der Waals surface area contributed by atoms with Crippen LogP contribution in [0.5, 0.6) is 0 Å². The van der Waals surface area contributed by atoms with E-state index in [0.29, 0.717) is 13.0 Å². The summed E-state index contributed by atoms with van der Waals surface area (Å²) in [6.45, 7) is 1.44. The molecule has 0 aliphatic carbocycles. The van der Waals surface area contributed by atoms with Gasteiger partial charge >= 0.3 is 0 Å². The van der Waals surface area contributed by atoms with Gasteiger partial charge in [0.05, 0.1) is 12.5 Å². The average Bonchev–Trinajstić information content (AvgIpc) is 2.86. The Morgan fingerprint density at radius 2 is 2.67 bits per heavy atom. The molecule has 1 aromatic heterocycles. The fourth-order valence-electron chi connectivity index (χ4n) is 1.65. The van der Waals surface area contributed by atoms with E-state index in [9.17, 15) is 4.79 Å². The van der Waals surface area contributed by atoms with Crippen molar-refractivity contribution in [1.29, 1.82) is 0 Å². The number of H-pyrrole nitrogens is 1. The van der Waals surface area contributed by atoms with E-state index in [0.717, 1.165) is 25.1 Å². The first-order valence-corrected chi connectivity index (χ1v) is 5.21. The summed E-state index contributed by atoms with van der Waals surface area (Å²) in [6.07, 6.45) is 4.34. The maximum absolute atomic E-state index is 11.5. The molecule has 1 amide bonds. The Kier molecular flexibility index (Phi) is 3.34. The summed E-state index contributed by atoms with van der Waals surface area (Å²) in [5.41, 5.74) is 0.833. The quantitative estimate of drug-likeness (QED) is 0.746. The lowest BCUT2D eigenvalue weighted by atomic mass is 10.2. The van der Waals surface area contributed by atoms with Crippen LogP contribution < -0.4 is 5.32 Å². The first kappa shape index (κ1) is 10.2. The van der Waals surface area contributed by atoms with Gasteiger partial charge in [0.1, 0.15) is 0 Å². The maximum Gasteiger partial charge on any atom is 0.226 e. The molecule has 5 heteroatoms. The number of nitrogens with one attached hydrogen (secondary N) is 2. The Morgan fingerprint density at radius 3 is 3.33 bits per heavy atom. The van der Waals surface area contributed by atoms with Crippen LogP contribution in [0.2, 0.25) is 0 Å². The van der Waals surface area contributed by atoms with E-state index in [4.69, 9.17) is 4.74 Å². The number of carbonyl (C=O) groups excluding carboxylic acids is 1. The van der Waals surface area contributed by atoms with Crippen molar-refractivity contribution in [1.82, 2.24) is 15.5 Å². The van der Waals surface area contributed by atoms with Crippen molar-refractivity contribution in [3.05, 3.63) is 18.0 Å². The molecular formula is C10H15N3O2. The van der Waals surface area contributed by atoms with Crippen molar-refractivity contribution in [2.75, 3.05) is 13.2 Å². The van der Waals surface area contributed by atoms with Gasteiger partial charge in [-0.3, -0.25) is 9.89 Å². The molecule has 1 atom stereocenters. The van der Waals surface area contributed by atoms with Gasteiger partial charge in [-0.2, -0.15) is 5.10 Å². The second-order valence-corrected chi connectivity index (χ2v) is 3.70. The van der Waals surface area contributed by atoms with Gasteiger partial charge in [-0.15, -0.1) is 0 Å².